The fourth-order valence-electron chi connectivity index (χ4n) is 2.58. The number of anilines is 2. The highest BCUT2D eigenvalue weighted by Gasteiger charge is 2.27. The number of unbranched alkanes of at least 4 members (excludes halogenated alkanes) is 1. The van der Waals surface area contributed by atoms with Gasteiger partial charge >= 0.3 is 0 Å². The number of aryl methyl sites for hydroxylation is 1. The Morgan fingerprint density at radius 3 is 2.39 bits per heavy atom. The van der Waals surface area contributed by atoms with Gasteiger partial charge in [-0.1, -0.05) is 13.3 Å². The molecule has 0 bridgehead atoms. The Morgan fingerprint density at radius 1 is 1.17 bits per heavy atom. The van der Waals surface area contributed by atoms with Crippen LogP contribution in [0.5, 0.6) is 0 Å². The summed E-state index contributed by atoms with van der Waals surface area (Å²) in [4.78, 5) is 13.0. The molecule has 0 amide bonds. The third-order valence-electron chi connectivity index (χ3n) is 3.98. The SMILES string of the molecule is CCCCS(=O)(=O)N1CCN(c2cc(N(C)C)nc(C)n2)CC1. The third kappa shape index (κ3) is 4.54. The molecule has 7 nitrogen and oxygen atoms in total. The van der Waals surface area contributed by atoms with Gasteiger partial charge < -0.3 is 9.80 Å². The second kappa shape index (κ2) is 7.44. The van der Waals surface area contributed by atoms with Crippen molar-refractivity contribution in [2.24, 2.45) is 0 Å². The van der Waals surface area contributed by atoms with E-state index in [1.807, 2.05) is 38.9 Å². The van der Waals surface area contributed by atoms with E-state index in [2.05, 4.69) is 14.9 Å². The zero-order valence-electron chi connectivity index (χ0n) is 14.5. The molecule has 23 heavy (non-hydrogen) atoms. The molecule has 0 saturated carbocycles. The van der Waals surface area contributed by atoms with Crippen molar-refractivity contribution in [3.63, 3.8) is 0 Å². The summed E-state index contributed by atoms with van der Waals surface area (Å²) < 4.78 is 26.1. The lowest BCUT2D eigenvalue weighted by Crippen LogP contribution is -2.49. The van der Waals surface area contributed by atoms with Gasteiger partial charge in [-0.05, 0) is 13.3 Å². The average Bonchev–Trinajstić information content (AvgIpc) is 2.52. The molecule has 0 aromatic carbocycles. The predicted octanol–water partition coefficient (Wildman–Crippen LogP) is 1.10. The molecule has 2 rings (SSSR count). The molecule has 1 saturated heterocycles. The van der Waals surface area contributed by atoms with Gasteiger partial charge in [0.25, 0.3) is 0 Å². The second-order valence-corrected chi connectivity index (χ2v) is 8.17. The fourth-order valence-corrected chi connectivity index (χ4v) is 4.21. The van der Waals surface area contributed by atoms with Crippen molar-refractivity contribution in [3.8, 4) is 0 Å². The van der Waals surface area contributed by atoms with Crippen molar-refractivity contribution >= 4 is 21.7 Å². The van der Waals surface area contributed by atoms with Crippen LogP contribution in [0.15, 0.2) is 6.07 Å². The highest BCUT2D eigenvalue weighted by molar-refractivity contribution is 7.89. The van der Waals surface area contributed by atoms with Crippen molar-refractivity contribution in [3.05, 3.63) is 11.9 Å². The minimum absolute atomic E-state index is 0.251. The van der Waals surface area contributed by atoms with E-state index in [-0.39, 0.29) is 5.75 Å². The van der Waals surface area contributed by atoms with E-state index in [0.29, 0.717) is 26.2 Å². The third-order valence-corrected chi connectivity index (χ3v) is 5.94. The standard InChI is InChI=1S/C15H27N5O2S/c1-5-6-11-23(21,22)20-9-7-19(8-10-20)15-12-14(18(3)4)16-13(2)17-15/h12H,5-11H2,1-4H3. The molecule has 2 heterocycles. The number of piperazine rings is 1. The van der Waals surface area contributed by atoms with Crippen LogP contribution in [0.4, 0.5) is 11.6 Å². The van der Waals surface area contributed by atoms with Gasteiger partial charge in [0, 0.05) is 46.3 Å². The number of aromatic nitrogens is 2. The molecule has 0 aliphatic carbocycles. The molecule has 1 fully saturated rings. The summed E-state index contributed by atoms with van der Waals surface area (Å²) in [7, 11) is 0.781. The minimum Gasteiger partial charge on any atom is -0.363 e. The molecular formula is C15H27N5O2S. The summed E-state index contributed by atoms with van der Waals surface area (Å²) in [5.41, 5.74) is 0. The smallest absolute Gasteiger partial charge is 0.214 e. The molecule has 0 radical (unpaired) electrons. The van der Waals surface area contributed by atoms with E-state index in [4.69, 9.17) is 0 Å². The van der Waals surface area contributed by atoms with Crippen molar-refractivity contribution in [2.45, 2.75) is 26.7 Å². The van der Waals surface area contributed by atoms with E-state index >= 15 is 0 Å². The summed E-state index contributed by atoms with van der Waals surface area (Å²) in [6.07, 6.45) is 1.62. The Bertz CT molecular complexity index is 625. The lowest BCUT2D eigenvalue weighted by atomic mass is 10.3. The largest absolute Gasteiger partial charge is 0.363 e. The van der Waals surface area contributed by atoms with Crippen LogP contribution in [-0.2, 0) is 10.0 Å². The topological polar surface area (TPSA) is 69.6 Å². The lowest BCUT2D eigenvalue weighted by molar-refractivity contribution is 0.383. The Labute approximate surface area is 139 Å². The molecule has 0 unspecified atom stereocenters. The zero-order valence-corrected chi connectivity index (χ0v) is 15.3. The molecule has 0 atom stereocenters. The van der Waals surface area contributed by atoms with E-state index in [9.17, 15) is 8.42 Å². The molecule has 0 spiro atoms. The summed E-state index contributed by atoms with van der Waals surface area (Å²) in [6, 6.07) is 1.95. The number of hydrogen-bond donors (Lipinski definition) is 0. The highest BCUT2D eigenvalue weighted by Crippen LogP contribution is 2.20. The van der Waals surface area contributed by atoms with E-state index < -0.39 is 10.0 Å². The molecule has 1 aromatic rings. The summed E-state index contributed by atoms with van der Waals surface area (Å²) in [5, 5.41) is 0. The van der Waals surface area contributed by atoms with Gasteiger partial charge in [0.2, 0.25) is 10.0 Å². The van der Waals surface area contributed by atoms with Crippen LogP contribution in [0.1, 0.15) is 25.6 Å². The number of hydrogen-bond acceptors (Lipinski definition) is 6. The van der Waals surface area contributed by atoms with Gasteiger partial charge in [-0.2, -0.15) is 4.31 Å². The quantitative estimate of drug-likeness (QED) is 0.772. The number of rotatable bonds is 6. The van der Waals surface area contributed by atoms with Gasteiger partial charge in [0.15, 0.2) is 0 Å². The first kappa shape index (κ1) is 17.9. The maximum atomic E-state index is 12.3. The van der Waals surface area contributed by atoms with Gasteiger partial charge in [-0.25, -0.2) is 18.4 Å². The maximum Gasteiger partial charge on any atom is 0.214 e. The monoisotopic (exact) mass is 341 g/mol. The molecule has 1 aromatic heterocycles. The Morgan fingerprint density at radius 2 is 1.83 bits per heavy atom. The maximum absolute atomic E-state index is 12.3. The molecular weight excluding hydrogens is 314 g/mol. The van der Waals surface area contributed by atoms with Crippen LogP contribution < -0.4 is 9.80 Å². The fraction of sp³-hybridized carbons (Fsp3) is 0.733. The van der Waals surface area contributed by atoms with Crippen LogP contribution in [0, 0.1) is 6.92 Å². The Hall–Kier alpha value is -1.41. The first-order chi connectivity index (χ1) is 10.8. The van der Waals surface area contributed by atoms with Crippen molar-refractivity contribution in [1.29, 1.82) is 0 Å². The molecule has 1 aliphatic rings. The molecule has 1 aliphatic heterocycles. The predicted molar refractivity (Wildman–Crippen MR) is 93.6 cm³/mol. The normalized spacial score (nSPS) is 16.6. The van der Waals surface area contributed by atoms with Gasteiger partial charge in [-0.15, -0.1) is 0 Å². The molecule has 8 heteroatoms. The van der Waals surface area contributed by atoms with Gasteiger partial charge in [0.1, 0.15) is 17.5 Å². The van der Waals surface area contributed by atoms with Crippen molar-refractivity contribution in [1.82, 2.24) is 14.3 Å². The van der Waals surface area contributed by atoms with Crippen molar-refractivity contribution in [2.75, 3.05) is 55.8 Å². The first-order valence-electron chi connectivity index (χ1n) is 8.09. The summed E-state index contributed by atoms with van der Waals surface area (Å²) >= 11 is 0. The van der Waals surface area contributed by atoms with Crippen LogP contribution >= 0.6 is 0 Å². The van der Waals surface area contributed by atoms with Crippen LogP contribution in [-0.4, -0.2) is 68.7 Å². The average molecular weight is 341 g/mol. The Balaban J connectivity index is 2.05. The number of nitrogens with zero attached hydrogens (tertiary/aromatic N) is 5. The van der Waals surface area contributed by atoms with Crippen LogP contribution in [0.2, 0.25) is 0 Å². The first-order valence-corrected chi connectivity index (χ1v) is 9.70. The van der Waals surface area contributed by atoms with Crippen LogP contribution in [0.25, 0.3) is 0 Å². The van der Waals surface area contributed by atoms with Gasteiger partial charge in [0.05, 0.1) is 5.75 Å². The second-order valence-electron chi connectivity index (χ2n) is 6.08. The zero-order chi connectivity index (χ0) is 17.0. The van der Waals surface area contributed by atoms with E-state index in [1.54, 1.807) is 4.31 Å². The Kier molecular flexibility index (Phi) is 5.80. The van der Waals surface area contributed by atoms with E-state index in [0.717, 1.165) is 30.3 Å². The molecule has 0 N–H and O–H groups in total. The lowest BCUT2D eigenvalue weighted by Gasteiger charge is -2.35. The minimum atomic E-state index is -3.12. The summed E-state index contributed by atoms with van der Waals surface area (Å²) in [6.45, 7) is 6.25. The van der Waals surface area contributed by atoms with E-state index in [1.165, 1.54) is 0 Å². The number of sulfonamides is 1. The van der Waals surface area contributed by atoms with Gasteiger partial charge in [-0.3, -0.25) is 0 Å². The molecule has 130 valence electrons. The van der Waals surface area contributed by atoms with Crippen LogP contribution in [0.3, 0.4) is 0 Å². The highest BCUT2D eigenvalue weighted by atomic mass is 32.2. The summed E-state index contributed by atoms with van der Waals surface area (Å²) in [5.74, 6) is 2.71. The van der Waals surface area contributed by atoms with Crippen molar-refractivity contribution < 1.29 is 8.42 Å².